The van der Waals surface area contributed by atoms with Gasteiger partial charge in [-0.3, -0.25) is 4.79 Å². The Balaban J connectivity index is 1.88. The topological polar surface area (TPSA) is 91.3 Å². The molecule has 7 heteroatoms. The zero-order chi connectivity index (χ0) is 20.6. The number of aliphatic hydroxyl groups is 1. The average molecular weight is 382 g/mol. The lowest BCUT2D eigenvalue weighted by Crippen LogP contribution is -2.61. The lowest BCUT2D eigenvalue weighted by Gasteiger charge is -2.49. The predicted molar refractivity (Wildman–Crippen MR) is 95.8 cm³/mol. The first-order chi connectivity index (χ1) is 12.1. The van der Waals surface area contributed by atoms with Crippen molar-refractivity contribution < 1.29 is 33.6 Å². The van der Waals surface area contributed by atoms with E-state index < -0.39 is 58.6 Å². The van der Waals surface area contributed by atoms with Crippen LogP contribution < -0.4 is 0 Å². The Morgan fingerprint density at radius 3 is 2.37 bits per heavy atom. The molecule has 2 bridgehead atoms. The van der Waals surface area contributed by atoms with E-state index in [1.165, 1.54) is 0 Å². The third-order valence-corrected chi connectivity index (χ3v) is 6.58. The molecule has 1 N–H and O–H groups in total. The highest BCUT2D eigenvalue weighted by atomic mass is 16.7. The van der Waals surface area contributed by atoms with Gasteiger partial charge in [0.25, 0.3) is 0 Å². The summed E-state index contributed by atoms with van der Waals surface area (Å²) in [4.78, 5) is 24.9. The Labute approximate surface area is 160 Å². The van der Waals surface area contributed by atoms with Gasteiger partial charge < -0.3 is 24.1 Å². The molecule has 27 heavy (non-hydrogen) atoms. The zero-order valence-electron chi connectivity index (χ0n) is 17.1. The minimum absolute atomic E-state index is 0.281. The molecule has 0 radical (unpaired) electrons. The van der Waals surface area contributed by atoms with Gasteiger partial charge in [0.2, 0.25) is 0 Å². The smallest absolute Gasteiger partial charge is 0.333 e. The Bertz CT molecular complexity index is 687. The molecule has 0 aromatic rings. The van der Waals surface area contributed by atoms with Gasteiger partial charge in [0, 0.05) is 5.57 Å². The van der Waals surface area contributed by atoms with Crippen LogP contribution in [0, 0.1) is 5.41 Å². The van der Waals surface area contributed by atoms with Crippen molar-refractivity contribution in [2.45, 2.75) is 96.1 Å². The number of rotatable bonds is 6. The maximum Gasteiger partial charge on any atom is 0.333 e. The van der Waals surface area contributed by atoms with E-state index in [4.69, 9.17) is 18.9 Å². The summed E-state index contributed by atoms with van der Waals surface area (Å²) in [5.41, 5.74) is -3.75. The maximum atomic E-state index is 13.0. The van der Waals surface area contributed by atoms with Gasteiger partial charge in [-0.05, 0) is 54.9 Å². The quantitative estimate of drug-likeness (QED) is 0.554. The van der Waals surface area contributed by atoms with Gasteiger partial charge in [0.15, 0.2) is 12.2 Å². The lowest BCUT2D eigenvalue weighted by molar-refractivity contribution is -0.240. The van der Waals surface area contributed by atoms with Gasteiger partial charge >= 0.3 is 11.9 Å². The normalized spacial score (nSPS) is 35.3. The Hall–Kier alpha value is -1.44. The first kappa shape index (κ1) is 20.3. The molecule has 3 heterocycles. The molecule has 3 rings (SSSR count). The maximum absolute atomic E-state index is 13.0. The molecule has 7 nitrogen and oxygen atoms in total. The van der Waals surface area contributed by atoms with Crippen molar-refractivity contribution in [2.24, 2.45) is 5.41 Å². The summed E-state index contributed by atoms with van der Waals surface area (Å²) in [7, 11) is 0. The number of hydrogen-bond donors (Lipinski definition) is 1. The van der Waals surface area contributed by atoms with E-state index in [1.54, 1.807) is 34.6 Å². The number of carbonyl (C=O) groups excluding carboxylic acids is 2. The molecule has 0 aromatic heterocycles. The van der Waals surface area contributed by atoms with Crippen LogP contribution in [0.2, 0.25) is 0 Å². The molecular weight excluding hydrogens is 352 g/mol. The highest BCUT2D eigenvalue weighted by Gasteiger charge is 2.78. The van der Waals surface area contributed by atoms with E-state index in [0.29, 0.717) is 6.42 Å². The Kier molecular flexibility index (Phi) is 4.35. The first-order valence-electron chi connectivity index (χ1n) is 9.30. The van der Waals surface area contributed by atoms with Crippen LogP contribution in [0.3, 0.4) is 0 Å². The van der Waals surface area contributed by atoms with Crippen LogP contribution in [0.5, 0.6) is 0 Å². The van der Waals surface area contributed by atoms with E-state index in [-0.39, 0.29) is 5.57 Å². The largest absolute Gasteiger partial charge is 0.455 e. The van der Waals surface area contributed by atoms with Crippen LogP contribution in [-0.4, -0.2) is 58.3 Å². The summed E-state index contributed by atoms with van der Waals surface area (Å²) in [5.74, 6) is -0.936. The molecule has 3 saturated heterocycles. The van der Waals surface area contributed by atoms with Gasteiger partial charge in [-0.15, -0.1) is 0 Å². The van der Waals surface area contributed by atoms with Gasteiger partial charge in [0.1, 0.15) is 17.6 Å². The van der Waals surface area contributed by atoms with Gasteiger partial charge in [-0.25, -0.2) is 4.79 Å². The SMILES string of the molecule is C=C(C)C(=O)OC1C2CC3(C(C)(C)OC(C)(C)C(C)(C)O)C(=O)OC1C3O2. The summed E-state index contributed by atoms with van der Waals surface area (Å²) < 4.78 is 23.4. The minimum Gasteiger partial charge on any atom is -0.455 e. The van der Waals surface area contributed by atoms with E-state index >= 15 is 0 Å². The first-order valence-corrected chi connectivity index (χ1v) is 9.30. The van der Waals surface area contributed by atoms with E-state index in [2.05, 4.69) is 6.58 Å². The second kappa shape index (κ2) is 5.78. The van der Waals surface area contributed by atoms with Crippen molar-refractivity contribution in [3.05, 3.63) is 12.2 Å². The summed E-state index contributed by atoms with van der Waals surface area (Å²) in [6.45, 7) is 15.7. The number of fused-ring (bicyclic) bond motifs is 1. The molecule has 3 aliphatic heterocycles. The van der Waals surface area contributed by atoms with Crippen molar-refractivity contribution in [3.8, 4) is 0 Å². The minimum atomic E-state index is -1.12. The van der Waals surface area contributed by atoms with Crippen LogP contribution >= 0.6 is 0 Å². The fourth-order valence-corrected chi connectivity index (χ4v) is 4.33. The summed E-state index contributed by atoms with van der Waals surface area (Å²) >= 11 is 0. The zero-order valence-corrected chi connectivity index (χ0v) is 17.1. The molecule has 152 valence electrons. The molecule has 0 saturated carbocycles. The molecular formula is C20H30O7. The molecule has 5 unspecified atom stereocenters. The van der Waals surface area contributed by atoms with Crippen molar-refractivity contribution >= 4 is 11.9 Å². The Morgan fingerprint density at radius 1 is 1.26 bits per heavy atom. The molecule has 3 fully saturated rings. The van der Waals surface area contributed by atoms with Gasteiger partial charge in [-0.2, -0.15) is 0 Å². The number of carbonyl (C=O) groups is 2. The summed E-state index contributed by atoms with van der Waals surface area (Å²) in [6.07, 6.45) is -1.98. The van der Waals surface area contributed by atoms with E-state index in [9.17, 15) is 14.7 Å². The highest BCUT2D eigenvalue weighted by molar-refractivity contribution is 5.88. The monoisotopic (exact) mass is 382 g/mol. The van der Waals surface area contributed by atoms with Crippen LogP contribution in [0.25, 0.3) is 0 Å². The summed E-state index contributed by atoms with van der Waals surface area (Å²) in [5, 5.41) is 10.5. The van der Waals surface area contributed by atoms with Gasteiger partial charge in [-0.1, -0.05) is 6.58 Å². The predicted octanol–water partition coefficient (Wildman–Crippen LogP) is 1.90. The van der Waals surface area contributed by atoms with Crippen molar-refractivity contribution in [3.63, 3.8) is 0 Å². The van der Waals surface area contributed by atoms with E-state index in [1.807, 2.05) is 13.8 Å². The standard InChI is InChI=1S/C20H30O7/c1-10(2)15(21)25-12-11-9-20(14(24-11)13(12)26-16(20)22)19(7,8)27-18(5,6)17(3,4)23/h11-14,23H,1,9H2,2-8H3. The molecule has 0 amide bonds. The van der Waals surface area contributed by atoms with Crippen LogP contribution in [0.4, 0.5) is 0 Å². The third kappa shape index (κ3) is 2.74. The lowest BCUT2D eigenvalue weighted by atomic mass is 9.64. The van der Waals surface area contributed by atoms with Crippen LogP contribution in [-0.2, 0) is 28.5 Å². The molecule has 5 atom stereocenters. The molecule has 0 aliphatic carbocycles. The van der Waals surface area contributed by atoms with Crippen LogP contribution in [0.1, 0.15) is 54.9 Å². The number of esters is 2. The molecule has 3 aliphatic rings. The fourth-order valence-electron chi connectivity index (χ4n) is 4.33. The van der Waals surface area contributed by atoms with Gasteiger partial charge in [0.05, 0.1) is 16.8 Å². The fraction of sp³-hybridized carbons (Fsp3) is 0.800. The average Bonchev–Trinajstić information content (AvgIpc) is 3.07. The molecule has 0 spiro atoms. The van der Waals surface area contributed by atoms with E-state index in [0.717, 1.165) is 0 Å². The summed E-state index contributed by atoms with van der Waals surface area (Å²) in [6, 6.07) is 0. The van der Waals surface area contributed by atoms with Crippen molar-refractivity contribution in [2.75, 3.05) is 0 Å². The Morgan fingerprint density at radius 2 is 1.85 bits per heavy atom. The van der Waals surface area contributed by atoms with Crippen LogP contribution in [0.15, 0.2) is 12.2 Å². The number of hydrogen-bond acceptors (Lipinski definition) is 7. The second-order valence-corrected chi connectivity index (χ2v) is 9.47. The van der Waals surface area contributed by atoms with Crippen molar-refractivity contribution in [1.29, 1.82) is 0 Å². The van der Waals surface area contributed by atoms with Crippen molar-refractivity contribution in [1.82, 2.24) is 0 Å². The second-order valence-electron chi connectivity index (χ2n) is 9.47. The molecule has 0 aromatic carbocycles. The highest BCUT2D eigenvalue weighted by Crippen LogP contribution is 2.61. The third-order valence-electron chi connectivity index (χ3n) is 6.58. The number of ether oxygens (including phenoxy) is 4.